The van der Waals surface area contributed by atoms with Crippen LogP contribution in [0.4, 0.5) is 0 Å². The van der Waals surface area contributed by atoms with E-state index in [9.17, 15) is 4.79 Å². The van der Waals surface area contributed by atoms with Gasteiger partial charge in [-0.25, -0.2) is 0 Å². The van der Waals surface area contributed by atoms with Crippen molar-refractivity contribution in [1.29, 1.82) is 0 Å². The molecule has 1 aromatic heterocycles. The Hall–Kier alpha value is -1.32. The molecule has 1 aromatic carbocycles. The summed E-state index contributed by atoms with van der Waals surface area (Å²) in [6, 6.07) is 6.81. The molecule has 0 aliphatic rings. The molecule has 0 atom stereocenters. The third kappa shape index (κ3) is 1.52. The monoisotopic (exact) mass is 208 g/mol. The van der Waals surface area contributed by atoms with Gasteiger partial charge in [-0.15, -0.1) is 0 Å². The molecule has 0 saturated heterocycles. The summed E-state index contributed by atoms with van der Waals surface area (Å²) in [5.41, 5.74) is 6.98. The first kappa shape index (κ1) is 9.24. The van der Waals surface area contributed by atoms with Crippen LogP contribution in [0.5, 0.6) is 0 Å². The van der Waals surface area contributed by atoms with Crippen LogP contribution >= 0.6 is 11.6 Å². The van der Waals surface area contributed by atoms with Crippen LogP contribution in [-0.2, 0) is 6.54 Å². The highest BCUT2D eigenvalue weighted by Crippen LogP contribution is 2.19. The van der Waals surface area contributed by atoms with Gasteiger partial charge in [0.2, 0.25) is 5.56 Å². The van der Waals surface area contributed by atoms with Gasteiger partial charge in [0.25, 0.3) is 0 Å². The molecular formula is C10H9ClN2O. The highest BCUT2D eigenvalue weighted by atomic mass is 35.5. The van der Waals surface area contributed by atoms with E-state index in [0.29, 0.717) is 11.6 Å². The predicted octanol–water partition coefficient (Wildman–Crippen LogP) is 1.64. The molecule has 0 fully saturated rings. The van der Waals surface area contributed by atoms with Crippen LogP contribution in [0.15, 0.2) is 29.1 Å². The van der Waals surface area contributed by atoms with Crippen molar-refractivity contribution in [2.24, 2.45) is 5.73 Å². The summed E-state index contributed by atoms with van der Waals surface area (Å²) in [7, 11) is 0. The van der Waals surface area contributed by atoms with E-state index < -0.39 is 0 Å². The number of nitrogens with two attached hydrogens (primary N) is 1. The molecule has 0 unspecified atom stereocenters. The molecule has 0 saturated carbocycles. The Balaban J connectivity index is 2.88. The lowest BCUT2D eigenvalue weighted by Crippen LogP contribution is -2.09. The molecular weight excluding hydrogens is 200 g/mol. The van der Waals surface area contributed by atoms with E-state index in [1.807, 2.05) is 0 Å². The number of nitrogens with one attached hydrogen (secondary N) is 1. The van der Waals surface area contributed by atoms with Crippen molar-refractivity contribution in [1.82, 2.24) is 4.98 Å². The second kappa shape index (κ2) is 3.44. The Morgan fingerprint density at radius 2 is 2.14 bits per heavy atom. The molecule has 0 amide bonds. The van der Waals surface area contributed by atoms with Crippen LogP contribution < -0.4 is 11.3 Å². The van der Waals surface area contributed by atoms with Gasteiger partial charge in [-0.2, -0.15) is 0 Å². The summed E-state index contributed by atoms with van der Waals surface area (Å²) < 4.78 is 0. The SMILES string of the molecule is NCc1cc(=O)[nH]c2ccc(Cl)cc12. The zero-order valence-corrected chi connectivity index (χ0v) is 8.14. The minimum absolute atomic E-state index is 0.139. The van der Waals surface area contributed by atoms with Crippen molar-refractivity contribution in [3.05, 3.63) is 45.2 Å². The molecule has 3 nitrogen and oxygen atoms in total. The van der Waals surface area contributed by atoms with E-state index in [-0.39, 0.29) is 5.56 Å². The van der Waals surface area contributed by atoms with Gasteiger partial charge in [-0.3, -0.25) is 4.79 Å². The highest BCUT2D eigenvalue weighted by Gasteiger charge is 2.02. The molecule has 0 bridgehead atoms. The van der Waals surface area contributed by atoms with E-state index >= 15 is 0 Å². The fourth-order valence-electron chi connectivity index (χ4n) is 1.46. The number of H-pyrrole nitrogens is 1. The second-order valence-corrected chi connectivity index (χ2v) is 3.49. The molecule has 2 rings (SSSR count). The normalized spacial score (nSPS) is 10.7. The van der Waals surface area contributed by atoms with Gasteiger partial charge in [-0.1, -0.05) is 11.6 Å². The summed E-state index contributed by atoms with van der Waals surface area (Å²) >= 11 is 5.85. The van der Waals surface area contributed by atoms with Gasteiger partial charge in [0.1, 0.15) is 0 Å². The van der Waals surface area contributed by atoms with Gasteiger partial charge in [-0.05, 0) is 23.8 Å². The van der Waals surface area contributed by atoms with Gasteiger partial charge < -0.3 is 10.7 Å². The molecule has 0 radical (unpaired) electrons. The van der Waals surface area contributed by atoms with E-state index in [1.54, 1.807) is 18.2 Å². The van der Waals surface area contributed by atoms with E-state index in [4.69, 9.17) is 17.3 Å². The van der Waals surface area contributed by atoms with Gasteiger partial charge in [0, 0.05) is 28.5 Å². The number of pyridine rings is 1. The lowest BCUT2D eigenvalue weighted by molar-refractivity contribution is 1.07. The van der Waals surface area contributed by atoms with Crippen molar-refractivity contribution in [2.45, 2.75) is 6.54 Å². The molecule has 4 heteroatoms. The molecule has 2 aromatic rings. The van der Waals surface area contributed by atoms with Crippen molar-refractivity contribution >= 4 is 22.5 Å². The standard InChI is InChI=1S/C10H9ClN2O/c11-7-1-2-9-8(4-7)6(5-12)3-10(14)13-9/h1-4H,5,12H2,(H,13,14). The molecule has 0 aliphatic heterocycles. The highest BCUT2D eigenvalue weighted by molar-refractivity contribution is 6.31. The minimum atomic E-state index is -0.139. The quantitative estimate of drug-likeness (QED) is 0.749. The third-order valence-electron chi connectivity index (χ3n) is 2.11. The van der Waals surface area contributed by atoms with Crippen molar-refractivity contribution in [2.75, 3.05) is 0 Å². The fraction of sp³-hybridized carbons (Fsp3) is 0.100. The smallest absolute Gasteiger partial charge is 0.248 e. The van der Waals surface area contributed by atoms with Gasteiger partial charge in [0.15, 0.2) is 0 Å². The first-order valence-electron chi connectivity index (χ1n) is 4.22. The summed E-state index contributed by atoms with van der Waals surface area (Å²) in [5.74, 6) is 0. The molecule has 72 valence electrons. The second-order valence-electron chi connectivity index (χ2n) is 3.05. The summed E-state index contributed by atoms with van der Waals surface area (Å²) in [5, 5.41) is 1.54. The van der Waals surface area contributed by atoms with Crippen LogP contribution in [0.3, 0.4) is 0 Å². The van der Waals surface area contributed by atoms with Gasteiger partial charge >= 0.3 is 0 Å². The van der Waals surface area contributed by atoms with Crippen molar-refractivity contribution < 1.29 is 0 Å². The zero-order chi connectivity index (χ0) is 10.1. The Morgan fingerprint density at radius 1 is 1.36 bits per heavy atom. The Morgan fingerprint density at radius 3 is 2.86 bits per heavy atom. The number of aromatic nitrogens is 1. The number of fused-ring (bicyclic) bond motifs is 1. The third-order valence-corrected chi connectivity index (χ3v) is 2.35. The Kier molecular flexibility index (Phi) is 2.27. The number of hydrogen-bond donors (Lipinski definition) is 2. The molecule has 0 aliphatic carbocycles. The van der Waals surface area contributed by atoms with Crippen molar-refractivity contribution in [3.63, 3.8) is 0 Å². The number of benzene rings is 1. The van der Waals surface area contributed by atoms with E-state index in [0.717, 1.165) is 16.5 Å². The van der Waals surface area contributed by atoms with E-state index in [2.05, 4.69) is 4.98 Å². The Bertz CT molecular complexity index is 533. The molecule has 14 heavy (non-hydrogen) atoms. The average molecular weight is 209 g/mol. The first-order valence-corrected chi connectivity index (χ1v) is 4.60. The van der Waals surface area contributed by atoms with Gasteiger partial charge in [0.05, 0.1) is 0 Å². The summed E-state index contributed by atoms with van der Waals surface area (Å²) in [6.07, 6.45) is 0. The number of halogens is 1. The van der Waals surface area contributed by atoms with Crippen LogP contribution in [0.2, 0.25) is 5.02 Å². The van der Waals surface area contributed by atoms with Crippen molar-refractivity contribution in [3.8, 4) is 0 Å². The maximum absolute atomic E-state index is 11.2. The Labute approximate surface area is 85.5 Å². The molecule has 0 spiro atoms. The zero-order valence-electron chi connectivity index (χ0n) is 7.38. The first-order chi connectivity index (χ1) is 6.70. The predicted molar refractivity (Wildman–Crippen MR) is 57.5 cm³/mol. The van der Waals surface area contributed by atoms with Crippen LogP contribution in [-0.4, -0.2) is 4.98 Å². The lowest BCUT2D eigenvalue weighted by Gasteiger charge is -2.03. The molecule has 1 heterocycles. The van der Waals surface area contributed by atoms with Crippen LogP contribution in [0.1, 0.15) is 5.56 Å². The number of aromatic amines is 1. The van der Waals surface area contributed by atoms with Crippen LogP contribution in [0.25, 0.3) is 10.9 Å². The summed E-state index contributed by atoms with van der Waals surface area (Å²) in [4.78, 5) is 13.9. The summed E-state index contributed by atoms with van der Waals surface area (Å²) in [6.45, 7) is 0.334. The average Bonchev–Trinajstić information content (AvgIpc) is 2.17. The number of hydrogen-bond acceptors (Lipinski definition) is 2. The van der Waals surface area contributed by atoms with E-state index in [1.165, 1.54) is 6.07 Å². The fourth-order valence-corrected chi connectivity index (χ4v) is 1.64. The topological polar surface area (TPSA) is 58.9 Å². The molecule has 3 N–H and O–H groups in total. The maximum atomic E-state index is 11.2. The largest absolute Gasteiger partial charge is 0.326 e. The van der Waals surface area contributed by atoms with Crippen LogP contribution in [0, 0.1) is 0 Å². The lowest BCUT2D eigenvalue weighted by atomic mass is 10.1. The minimum Gasteiger partial charge on any atom is -0.326 e. The maximum Gasteiger partial charge on any atom is 0.248 e. The number of rotatable bonds is 1.